The molecule has 0 aliphatic rings. The monoisotopic (exact) mass is 207 g/mol. The van der Waals surface area contributed by atoms with Crippen LogP contribution in [-0.4, -0.2) is 21.1 Å². The van der Waals surface area contributed by atoms with E-state index in [0.29, 0.717) is 4.88 Å². The van der Waals surface area contributed by atoms with Crippen molar-refractivity contribution >= 4 is 17.6 Å². The third-order valence-corrected chi connectivity index (χ3v) is 2.80. The summed E-state index contributed by atoms with van der Waals surface area (Å²) in [7, 11) is 0. The molecule has 5 heteroatoms. The zero-order chi connectivity index (χ0) is 10.1. The maximum absolute atomic E-state index is 10.5. The third-order valence-electron chi connectivity index (χ3n) is 1.81. The van der Waals surface area contributed by atoms with Gasteiger partial charge in [-0.3, -0.25) is 4.79 Å². The molecule has 14 heavy (non-hydrogen) atoms. The Morgan fingerprint density at radius 3 is 2.71 bits per heavy atom. The zero-order valence-corrected chi connectivity index (χ0v) is 8.71. The van der Waals surface area contributed by atoms with Gasteiger partial charge in [0.1, 0.15) is 16.6 Å². The van der Waals surface area contributed by atoms with Crippen molar-refractivity contribution in [3.63, 3.8) is 0 Å². The molecular weight excluding hydrogens is 198 g/mol. The van der Waals surface area contributed by atoms with E-state index in [4.69, 9.17) is 0 Å². The lowest BCUT2D eigenvalue weighted by molar-refractivity contribution is 0.112. The van der Waals surface area contributed by atoms with E-state index in [0.717, 1.165) is 22.9 Å². The summed E-state index contributed by atoms with van der Waals surface area (Å²) in [4.78, 5) is 15.4. The summed E-state index contributed by atoms with van der Waals surface area (Å²) in [6.07, 6.45) is 0.841. The number of aldehydes is 1. The Balaban J connectivity index is 2.48. The van der Waals surface area contributed by atoms with Crippen LogP contribution in [0.15, 0.2) is 12.1 Å². The van der Waals surface area contributed by atoms with Gasteiger partial charge in [0, 0.05) is 0 Å². The van der Waals surface area contributed by atoms with Gasteiger partial charge in [0.15, 0.2) is 6.29 Å². The summed E-state index contributed by atoms with van der Waals surface area (Å²) in [5.74, 6) is 1.57. The van der Waals surface area contributed by atoms with Crippen molar-refractivity contribution in [2.75, 3.05) is 0 Å². The smallest absolute Gasteiger partial charge is 0.160 e. The van der Waals surface area contributed by atoms with Crippen molar-refractivity contribution < 1.29 is 4.79 Å². The van der Waals surface area contributed by atoms with E-state index >= 15 is 0 Å². The number of nitrogens with zero attached hydrogens (tertiary/aromatic N) is 3. The van der Waals surface area contributed by atoms with Crippen molar-refractivity contribution in [3.05, 3.63) is 28.7 Å². The van der Waals surface area contributed by atoms with Gasteiger partial charge in [0.05, 0.1) is 4.88 Å². The van der Waals surface area contributed by atoms with Crippen LogP contribution in [0.4, 0.5) is 0 Å². The lowest BCUT2D eigenvalue weighted by Crippen LogP contribution is -1.95. The Morgan fingerprint density at radius 2 is 2.21 bits per heavy atom. The Labute approximate surface area is 85.2 Å². The van der Waals surface area contributed by atoms with Gasteiger partial charge < -0.3 is 0 Å². The van der Waals surface area contributed by atoms with Crippen LogP contribution in [-0.2, 0) is 0 Å². The fourth-order valence-electron chi connectivity index (χ4n) is 1.25. The highest BCUT2D eigenvalue weighted by atomic mass is 32.1. The quantitative estimate of drug-likeness (QED) is 0.705. The van der Waals surface area contributed by atoms with Crippen LogP contribution in [0.3, 0.4) is 0 Å². The molecule has 4 nitrogen and oxygen atoms in total. The number of hydrogen-bond acceptors (Lipinski definition) is 4. The summed E-state index contributed by atoms with van der Waals surface area (Å²) in [6, 6.07) is 3.65. The van der Waals surface area contributed by atoms with Gasteiger partial charge >= 0.3 is 0 Å². The Morgan fingerprint density at radius 1 is 1.43 bits per heavy atom. The highest BCUT2D eigenvalue weighted by Crippen LogP contribution is 2.19. The maximum atomic E-state index is 10.5. The lowest BCUT2D eigenvalue weighted by Gasteiger charge is -1.95. The molecule has 72 valence electrons. The molecule has 2 aromatic rings. The Hall–Kier alpha value is -1.49. The molecule has 0 saturated carbocycles. The molecule has 0 unspecified atom stereocenters. The zero-order valence-electron chi connectivity index (χ0n) is 7.89. The Kier molecular flexibility index (Phi) is 2.17. The van der Waals surface area contributed by atoms with Crippen LogP contribution < -0.4 is 0 Å². The molecular formula is C9H9N3OS. The second-order valence-electron chi connectivity index (χ2n) is 2.91. The van der Waals surface area contributed by atoms with Crippen LogP contribution in [0, 0.1) is 13.8 Å². The number of aryl methyl sites for hydroxylation is 2. The SMILES string of the molecule is Cc1nc(C)n(-c2ccc(C=O)s2)n1. The van der Waals surface area contributed by atoms with E-state index in [1.54, 1.807) is 10.7 Å². The summed E-state index contributed by atoms with van der Waals surface area (Å²) in [6.45, 7) is 3.73. The number of carbonyl (C=O) groups excluding carboxylic acids is 1. The molecule has 2 heterocycles. The van der Waals surface area contributed by atoms with Crippen LogP contribution in [0.5, 0.6) is 0 Å². The minimum absolute atomic E-state index is 0.701. The van der Waals surface area contributed by atoms with Crippen LogP contribution >= 0.6 is 11.3 Å². The molecule has 0 amide bonds. The van der Waals surface area contributed by atoms with Crippen molar-refractivity contribution in [3.8, 4) is 5.00 Å². The predicted octanol–water partition coefficient (Wildman–Crippen LogP) is 1.76. The minimum Gasteiger partial charge on any atom is -0.297 e. The second-order valence-corrected chi connectivity index (χ2v) is 4.01. The fraction of sp³-hybridized carbons (Fsp3) is 0.222. The van der Waals surface area contributed by atoms with E-state index in [2.05, 4.69) is 10.1 Å². The summed E-state index contributed by atoms with van der Waals surface area (Å²) in [5.41, 5.74) is 0. The van der Waals surface area contributed by atoms with Gasteiger partial charge in [-0.2, -0.15) is 5.10 Å². The predicted molar refractivity (Wildman–Crippen MR) is 54.1 cm³/mol. The van der Waals surface area contributed by atoms with Crippen molar-refractivity contribution in [2.24, 2.45) is 0 Å². The first kappa shape index (κ1) is 9.08. The molecule has 0 aliphatic heterocycles. The molecule has 2 rings (SSSR count). The molecule has 0 bridgehead atoms. The first-order valence-corrected chi connectivity index (χ1v) is 4.98. The molecule has 0 radical (unpaired) electrons. The van der Waals surface area contributed by atoms with Crippen LogP contribution in [0.25, 0.3) is 5.00 Å². The number of aromatic nitrogens is 3. The van der Waals surface area contributed by atoms with Gasteiger partial charge in [-0.15, -0.1) is 11.3 Å². The van der Waals surface area contributed by atoms with Gasteiger partial charge in [0.2, 0.25) is 0 Å². The highest BCUT2D eigenvalue weighted by molar-refractivity contribution is 7.16. The molecule has 0 atom stereocenters. The molecule has 0 fully saturated rings. The van der Waals surface area contributed by atoms with E-state index in [-0.39, 0.29) is 0 Å². The maximum Gasteiger partial charge on any atom is 0.160 e. The van der Waals surface area contributed by atoms with Gasteiger partial charge in [0.25, 0.3) is 0 Å². The minimum atomic E-state index is 0.701. The number of hydrogen-bond donors (Lipinski definition) is 0. The summed E-state index contributed by atoms with van der Waals surface area (Å²) >= 11 is 1.41. The standard InChI is InChI=1S/C9H9N3OS/c1-6-10-7(2)12(11-6)9-4-3-8(5-13)14-9/h3-5H,1-2H3. The average molecular weight is 207 g/mol. The summed E-state index contributed by atoms with van der Waals surface area (Å²) < 4.78 is 1.74. The van der Waals surface area contributed by atoms with Crippen molar-refractivity contribution in [1.82, 2.24) is 14.8 Å². The van der Waals surface area contributed by atoms with Crippen molar-refractivity contribution in [2.45, 2.75) is 13.8 Å². The van der Waals surface area contributed by atoms with E-state index in [1.807, 2.05) is 19.9 Å². The average Bonchev–Trinajstić information content (AvgIpc) is 2.71. The first-order chi connectivity index (χ1) is 6.70. The van der Waals surface area contributed by atoms with Crippen LogP contribution in [0.1, 0.15) is 21.3 Å². The topological polar surface area (TPSA) is 47.8 Å². The molecule has 0 aromatic carbocycles. The lowest BCUT2D eigenvalue weighted by atomic mass is 10.5. The normalized spacial score (nSPS) is 10.4. The highest BCUT2D eigenvalue weighted by Gasteiger charge is 2.07. The molecule has 2 aromatic heterocycles. The number of rotatable bonds is 2. The third kappa shape index (κ3) is 1.46. The number of thiophene rings is 1. The van der Waals surface area contributed by atoms with E-state index in [1.165, 1.54) is 11.3 Å². The molecule has 0 saturated heterocycles. The van der Waals surface area contributed by atoms with Gasteiger partial charge in [-0.1, -0.05) is 0 Å². The van der Waals surface area contributed by atoms with E-state index < -0.39 is 0 Å². The first-order valence-electron chi connectivity index (χ1n) is 4.16. The van der Waals surface area contributed by atoms with Crippen LogP contribution in [0.2, 0.25) is 0 Å². The molecule has 0 N–H and O–H groups in total. The van der Waals surface area contributed by atoms with E-state index in [9.17, 15) is 4.79 Å². The second kappa shape index (κ2) is 3.34. The Bertz CT molecular complexity index is 472. The van der Waals surface area contributed by atoms with Gasteiger partial charge in [-0.25, -0.2) is 9.67 Å². The fourth-order valence-corrected chi connectivity index (χ4v) is 2.07. The van der Waals surface area contributed by atoms with Crippen molar-refractivity contribution in [1.29, 1.82) is 0 Å². The molecule has 0 spiro atoms. The summed E-state index contributed by atoms with van der Waals surface area (Å²) in [5, 5.41) is 5.15. The number of carbonyl (C=O) groups is 1. The largest absolute Gasteiger partial charge is 0.297 e. The van der Waals surface area contributed by atoms with Gasteiger partial charge in [-0.05, 0) is 26.0 Å². The molecule has 0 aliphatic carbocycles.